The van der Waals surface area contributed by atoms with Crippen LogP contribution in [0.4, 0.5) is 0 Å². The molecule has 1 aliphatic carbocycles. The van der Waals surface area contributed by atoms with Gasteiger partial charge in [0.1, 0.15) is 0 Å². The second kappa shape index (κ2) is 5.60. The SMILES string of the molecule is Cc1ccc2c(c1)CCC2c1c(C)c(S)c(S)c(S)c1C. The zero-order valence-electron chi connectivity index (χ0n) is 12.6. The number of hydrogen-bond acceptors (Lipinski definition) is 3. The first-order valence-electron chi connectivity index (χ1n) is 7.25. The minimum Gasteiger partial charge on any atom is -0.142 e. The predicted molar refractivity (Wildman–Crippen MR) is 99.0 cm³/mol. The third kappa shape index (κ3) is 2.43. The van der Waals surface area contributed by atoms with Crippen molar-refractivity contribution in [3.8, 4) is 0 Å². The van der Waals surface area contributed by atoms with E-state index < -0.39 is 0 Å². The van der Waals surface area contributed by atoms with Crippen LogP contribution in [0.25, 0.3) is 0 Å². The lowest BCUT2D eigenvalue weighted by molar-refractivity contribution is 0.761. The second-order valence-corrected chi connectivity index (χ2v) is 7.34. The molecular formula is C18H20S3. The van der Waals surface area contributed by atoms with Gasteiger partial charge in [-0.05, 0) is 61.4 Å². The van der Waals surface area contributed by atoms with Crippen molar-refractivity contribution in [3.63, 3.8) is 0 Å². The summed E-state index contributed by atoms with van der Waals surface area (Å²) < 4.78 is 0. The largest absolute Gasteiger partial charge is 0.142 e. The van der Waals surface area contributed by atoms with Gasteiger partial charge in [0.25, 0.3) is 0 Å². The number of benzene rings is 2. The highest BCUT2D eigenvalue weighted by Gasteiger charge is 2.28. The third-order valence-corrected chi connectivity index (χ3v) is 6.61. The van der Waals surface area contributed by atoms with E-state index in [9.17, 15) is 0 Å². The third-order valence-electron chi connectivity index (χ3n) is 4.69. The summed E-state index contributed by atoms with van der Waals surface area (Å²) in [6.07, 6.45) is 2.33. The van der Waals surface area contributed by atoms with Crippen LogP contribution in [0.5, 0.6) is 0 Å². The van der Waals surface area contributed by atoms with Crippen LogP contribution in [-0.2, 0) is 6.42 Å². The summed E-state index contributed by atoms with van der Waals surface area (Å²) in [7, 11) is 0. The van der Waals surface area contributed by atoms with E-state index in [0.29, 0.717) is 5.92 Å². The quantitative estimate of drug-likeness (QED) is 0.560. The average Bonchev–Trinajstić information content (AvgIpc) is 2.86. The molecule has 110 valence electrons. The van der Waals surface area contributed by atoms with Crippen molar-refractivity contribution in [2.45, 2.75) is 54.2 Å². The fourth-order valence-corrected chi connectivity index (χ4v) is 4.46. The number of fused-ring (bicyclic) bond motifs is 1. The number of aryl methyl sites for hydroxylation is 2. The van der Waals surface area contributed by atoms with E-state index >= 15 is 0 Å². The maximum absolute atomic E-state index is 4.65. The Balaban J connectivity index is 2.21. The Hall–Kier alpha value is -0.510. The van der Waals surface area contributed by atoms with Crippen LogP contribution in [0.3, 0.4) is 0 Å². The fraction of sp³-hybridized carbons (Fsp3) is 0.333. The Labute approximate surface area is 143 Å². The lowest BCUT2D eigenvalue weighted by Gasteiger charge is -2.22. The lowest BCUT2D eigenvalue weighted by Crippen LogP contribution is -2.05. The Morgan fingerprint density at radius 2 is 1.52 bits per heavy atom. The molecule has 2 aromatic carbocycles. The summed E-state index contributed by atoms with van der Waals surface area (Å²) >= 11 is 13.9. The zero-order valence-corrected chi connectivity index (χ0v) is 15.2. The van der Waals surface area contributed by atoms with E-state index in [0.717, 1.165) is 21.1 Å². The maximum Gasteiger partial charge on any atom is 0.0313 e. The zero-order chi connectivity index (χ0) is 15.3. The van der Waals surface area contributed by atoms with Gasteiger partial charge >= 0.3 is 0 Å². The molecular weight excluding hydrogens is 312 g/mol. The minimum atomic E-state index is 0.464. The van der Waals surface area contributed by atoms with Gasteiger partial charge in [-0.15, -0.1) is 37.9 Å². The molecule has 3 heteroatoms. The van der Waals surface area contributed by atoms with Crippen molar-refractivity contribution in [1.82, 2.24) is 0 Å². The molecule has 0 amide bonds. The molecule has 1 aliphatic rings. The van der Waals surface area contributed by atoms with E-state index in [-0.39, 0.29) is 0 Å². The van der Waals surface area contributed by atoms with Gasteiger partial charge < -0.3 is 0 Å². The van der Waals surface area contributed by atoms with Crippen LogP contribution in [0.1, 0.15) is 45.7 Å². The lowest BCUT2D eigenvalue weighted by atomic mass is 9.86. The normalized spacial score (nSPS) is 17.1. The van der Waals surface area contributed by atoms with Crippen molar-refractivity contribution in [2.24, 2.45) is 0 Å². The van der Waals surface area contributed by atoms with Gasteiger partial charge in [0.05, 0.1) is 0 Å². The first kappa shape index (κ1) is 15.4. The van der Waals surface area contributed by atoms with Crippen molar-refractivity contribution in [1.29, 1.82) is 0 Å². The van der Waals surface area contributed by atoms with Crippen molar-refractivity contribution < 1.29 is 0 Å². The molecule has 0 heterocycles. The summed E-state index contributed by atoms with van der Waals surface area (Å²) in [6.45, 7) is 6.48. The van der Waals surface area contributed by atoms with Crippen LogP contribution in [0.2, 0.25) is 0 Å². The van der Waals surface area contributed by atoms with Crippen LogP contribution >= 0.6 is 37.9 Å². The molecule has 0 saturated heterocycles. The molecule has 1 unspecified atom stereocenters. The Morgan fingerprint density at radius 3 is 2.14 bits per heavy atom. The standard InChI is InChI=1S/C18H20S3/c1-9-4-6-13-12(8-9)5-7-14(13)15-10(2)16(19)18(21)17(20)11(15)3/h4,6,8,14,19-21H,5,7H2,1-3H3. The van der Waals surface area contributed by atoms with Gasteiger partial charge in [-0.25, -0.2) is 0 Å². The number of rotatable bonds is 1. The van der Waals surface area contributed by atoms with Crippen LogP contribution < -0.4 is 0 Å². The summed E-state index contributed by atoms with van der Waals surface area (Å²) in [5, 5.41) is 0. The summed E-state index contributed by atoms with van der Waals surface area (Å²) in [5.74, 6) is 0.464. The molecule has 0 radical (unpaired) electrons. The van der Waals surface area contributed by atoms with Crippen LogP contribution in [-0.4, -0.2) is 0 Å². The van der Waals surface area contributed by atoms with E-state index in [2.05, 4.69) is 76.9 Å². The molecule has 3 rings (SSSR count). The van der Waals surface area contributed by atoms with Crippen molar-refractivity contribution in [2.75, 3.05) is 0 Å². The molecule has 0 saturated carbocycles. The van der Waals surface area contributed by atoms with Gasteiger partial charge in [0.15, 0.2) is 0 Å². The van der Waals surface area contributed by atoms with Gasteiger partial charge in [-0.3, -0.25) is 0 Å². The molecule has 0 fully saturated rings. The molecule has 0 bridgehead atoms. The van der Waals surface area contributed by atoms with Gasteiger partial charge in [-0.2, -0.15) is 0 Å². The minimum absolute atomic E-state index is 0.464. The van der Waals surface area contributed by atoms with Crippen LogP contribution in [0, 0.1) is 20.8 Å². The predicted octanol–water partition coefficient (Wildman–Crippen LogP) is 5.56. The summed E-state index contributed by atoms with van der Waals surface area (Å²) in [5.41, 5.74) is 8.20. The number of hydrogen-bond donors (Lipinski definition) is 3. The maximum atomic E-state index is 4.65. The number of thiol groups is 3. The first-order chi connectivity index (χ1) is 9.91. The van der Waals surface area contributed by atoms with Gasteiger partial charge in [0, 0.05) is 20.6 Å². The highest BCUT2D eigenvalue weighted by molar-refractivity contribution is 7.85. The Bertz CT molecular complexity index is 703. The monoisotopic (exact) mass is 332 g/mol. The smallest absolute Gasteiger partial charge is 0.0313 e. The molecule has 2 aromatic rings. The van der Waals surface area contributed by atoms with Crippen molar-refractivity contribution >= 4 is 37.9 Å². The molecule has 1 atom stereocenters. The highest BCUT2D eigenvalue weighted by atomic mass is 32.1. The Kier molecular flexibility index (Phi) is 4.10. The molecule has 0 aliphatic heterocycles. The average molecular weight is 333 g/mol. The second-order valence-electron chi connectivity index (χ2n) is 6.00. The molecule has 0 aromatic heterocycles. The van der Waals surface area contributed by atoms with E-state index in [1.165, 1.54) is 39.8 Å². The molecule has 21 heavy (non-hydrogen) atoms. The van der Waals surface area contributed by atoms with Crippen LogP contribution in [0.15, 0.2) is 32.9 Å². The summed E-state index contributed by atoms with van der Waals surface area (Å²) in [4.78, 5) is 2.82. The molecule has 0 nitrogen and oxygen atoms in total. The molecule has 0 spiro atoms. The topological polar surface area (TPSA) is 0 Å². The van der Waals surface area contributed by atoms with Gasteiger partial charge in [0.2, 0.25) is 0 Å². The molecule has 0 N–H and O–H groups in total. The fourth-order valence-electron chi connectivity index (χ4n) is 3.57. The van der Waals surface area contributed by atoms with Crippen molar-refractivity contribution in [3.05, 3.63) is 51.6 Å². The highest BCUT2D eigenvalue weighted by Crippen LogP contribution is 2.45. The Morgan fingerprint density at radius 1 is 0.905 bits per heavy atom. The first-order valence-corrected chi connectivity index (χ1v) is 8.59. The van der Waals surface area contributed by atoms with Gasteiger partial charge in [-0.1, -0.05) is 23.8 Å². The summed E-state index contributed by atoms with van der Waals surface area (Å²) in [6, 6.07) is 6.85. The van der Waals surface area contributed by atoms with E-state index in [1.54, 1.807) is 0 Å². The van der Waals surface area contributed by atoms with E-state index in [4.69, 9.17) is 0 Å². The van der Waals surface area contributed by atoms with E-state index in [1.807, 2.05) is 0 Å².